The Hall–Kier alpha value is -1.44. The van der Waals surface area contributed by atoms with Crippen LogP contribution in [0.25, 0.3) is 0 Å². The van der Waals surface area contributed by atoms with Crippen LogP contribution < -0.4 is 16.4 Å². The molecule has 1 aromatic carbocycles. The fourth-order valence-electron chi connectivity index (χ4n) is 1.76. The third-order valence-electron chi connectivity index (χ3n) is 3.16. The molecule has 1 rings (SSSR count). The summed E-state index contributed by atoms with van der Waals surface area (Å²) >= 11 is 5.74. The van der Waals surface area contributed by atoms with Crippen LogP contribution in [0.4, 0.5) is 8.78 Å². The number of halogens is 4. The second-order valence-electron chi connectivity index (χ2n) is 5.48. The summed E-state index contributed by atoms with van der Waals surface area (Å²) < 4.78 is 26.2. The second-order valence-corrected chi connectivity index (χ2v) is 5.92. The normalized spacial score (nSPS) is 12.3. The molecule has 1 atom stereocenters. The van der Waals surface area contributed by atoms with Crippen LogP contribution >= 0.6 is 24.0 Å². The molecule has 2 amide bonds. The largest absolute Gasteiger partial charge is 0.348 e. The summed E-state index contributed by atoms with van der Waals surface area (Å²) in [6.07, 6.45) is 0. The first-order valence-electron chi connectivity index (χ1n) is 7.08. The molecule has 4 N–H and O–H groups in total. The summed E-state index contributed by atoms with van der Waals surface area (Å²) in [7, 11) is 0. The predicted molar refractivity (Wildman–Crippen MR) is 91.8 cm³/mol. The van der Waals surface area contributed by atoms with Gasteiger partial charge in [-0.1, -0.05) is 25.4 Å². The van der Waals surface area contributed by atoms with Crippen molar-refractivity contribution in [1.82, 2.24) is 10.6 Å². The van der Waals surface area contributed by atoms with Crippen LogP contribution in [0.3, 0.4) is 0 Å². The minimum absolute atomic E-state index is 0. The van der Waals surface area contributed by atoms with Crippen molar-refractivity contribution < 1.29 is 18.4 Å². The third-order valence-corrected chi connectivity index (χ3v) is 3.41. The van der Waals surface area contributed by atoms with Crippen LogP contribution in [-0.2, 0) is 4.79 Å². The number of carbonyl (C=O) groups is 2. The fraction of sp³-hybridized carbons (Fsp3) is 0.467. The van der Waals surface area contributed by atoms with Crippen LogP contribution in [0.5, 0.6) is 0 Å². The van der Waals surface area contributed by atoms with Crippen LogP contribution in [-0.4, -0.2) is 36.9 Å². The predicted octanol–water partition coefficient (Wildman–Crippen LogP) is 2.23. The number of rotatable bonds is 7. The third kappa shape index (κ3) is 6.98. The van der Waals surface area contributed by atoms with E-state index in [0.29, 0.717) is 10.6 Å². The SMILES string of the molecule is CC(C)C(NC(=O)c1ccc(Cl)cc1)C(=O)NCC(F)(F)CN.Cl. The molecule has 136 valence electrons. The first kappa shape index (κ1) is 22.6. The van der Waals surface area contributed by atoms with Crippen LogP contribution in [0.2, 0.25) is 5.02 Å². The number of hydrogen-bond donors (Lipinski definition) is 3. The molecular weight excluding hydrogens is 363 g/mol. The molecule has 0 aliphatic rings. The van der Waals surface area contributed by atoms with Crippen LogP contribution in [0.1, 0.15) is 24.2 Å². The van der Waals surface area contributed by atoms with Gasteiger partial charge in [-0.05, 0) is 30.2 Å². The highest BCUT2D eigenvalue weighted by atomic mass is 35.5. The number of nitrogens with two attached hydrogens (primary N) is 1. The number of benzene rings is 1. The van der Waals surface area contributed by atoms with E-state index in [2.05, 4.69) is 10.6 Å². The maximum absolute atomic E-state index is 13.1. The van der Waals surface area contributed by atoms with Gasteiger partial charge in [0, 0.05) is 10.6 Å². The van der Waals surface area contributed by atoms with E-state index >= 15 is 0 Å². The van der Waals surface area contributed by atoms with E-state index in [1.165, 1.54) is 12.1 Å². The molecule has 0 saturated carbocycles. The topological polar surface area (TPSA) is 84.2 Å². The van der Waals surface area contributed by atoms with Gasteiger partial charge >= 0.3 is 0 Å². The van der Waals surface area contributed by atoms with Crippen molar-refractivity contribution in [3.05, 3.63) is 34.9 Å². The number of carbonyl (C=O) groups excluding carboxylic acids is 2. The Labute approximate surface area is 150 Å². The van der Waals surface area contributed by atoms with Gasteiger partial charge in [0.15, 0.2) is 0 Å². The zero-order chi connectivity index (χ0) is 17.6. The molecule has 1 unspecified atom stereocenters. The highest BCUT2D eigenvalue weighted by Gasteiger charge is 2.30. The summed E-state index contributed by atoms with van der Waals surface area (Å²) in [5.74, 6) is -4.63. The maximum Gasteiger partial charge on any atom is 0.277 e. The lowest BCUT2D eigenvalue weighted by Crippen LogP contribution is -2.52. The minimum atomic E-state index is -3.18. The van der Waals surface area contributed by atoms with E-state index in [-0.39, 0.29) is 18.3 Å². The Morgan fingerprint density at radius 3 is 2.25 bits per heavy atom. The Morgan fingerprint density at radius 2 is 1.79 bits per heavy atom. The van der Waals surface area contributed by atoms with E-state index < -0.39 is 36.9 Å². The average Bonchev–Trinajstić information content (AvgIpc) is 2.50. The Morgan fingerprint density at radius 1 is 1.25 bits per heavy atom. The number of alkyl halides is 2. The fourth-order valence-corrected chi connectivity index (χ4v) is 1.89. The first-order chi connectivity index (χ1) is 10.7. The monoisotopic (exact) mass is 383 g/mol. The molecule has 0 heterocycles. The summed E-state index contributed by atoms with van der Waals surface area (Å²) in [5, 5.41) is 5.13. The lowest BCUT2D eigenvalue weighted by atomic mass is 10.0. The van der Waals surface area contributed by atoms with Crippen molar-refractivity contribution in [1.29, 1.82) is 0 Å². The van der Waals surface area contributed by atoms with Gasteiger partial charge in [-0.25, -0.2) is 8.78 Å². The zero-order valence-corrected chi connectivity index (χ0v) is 14.9. The summed E-state index contributed by atoms with van der Waals surface area (Å²) in [5.41, 5.74) is 5.24. The molecular formula is C15H21Cl2F2N3O2. The number of hydrogen-bond acceptors (Lipinski definition) is 3. The van der Waals surface area contributed by atoms with Gasteiger partial charge in [0.2, 0.25) is 5.91 Å². The van der Waals surface area contributed by atoms with E-state index in [0.717, 1.165) is 0 Å². The van der Waals surface area contributed by atoms with Gasteiger partial charge in [0.05, 0.1) is 13.1 Å². The second kappa shape index (κ2) is 9.76. The molecule has 0 aliphatic heterocycles. The smallest absolute Gasteiger partial charge is 0.277 e. The molecule has 1 aromatic rings. The lowest BCUT2D eigenvalue weighted by molar-refractivity contribution is -0.125. The Kier molecular flexibility index (Phi) is 9.17. The van der Waals surface area contributed by atoms with Crippen molar-refractivity contribution in [3.8, 4) is 0 Å². The van der Waals surface area contributed by atoms with E-state index in [1.807, 2.05) is 0 Å². The first-order valence-corrected chi connectivity index (χ1v) is 7.46. The molecule has 0 fully saturated rings. The van der Waals surface area contributed by atoms with Crippen molar-refractivity contribution in [2.24, 2.45) is 11.7 Å². The average molecular weight is 384 g/mol. The summed E-state index contributed by atoms with van der Waals surface area (Å²) in [6, 6.07) is 5.17. The van der Waals surface area contributed by atoms with E-state index in [1.54, 1.807) is 26.0 Å². The quantitative estimate of drug-likeness (QED) is 0.674. The molecule has 0 aliphatic carbocycles. The lowest BCUT2D eigenvalue weighted by Gasteiger charge is -2.23. The van der Waals surface area contributed by atoms with Gasteiger partial charge in [-0.3, -0.25) is 9.59 Å². The van der Waals surface area contributed by atoms with Crippen molar-refractivity contribution in [2.75, 3.05) is 13.1 Å². The van der Waals surface area contributed by atoms with Crippen molar-refractivity contribution in [3.63, 3.8) is 0 Å². The molecule has 0 spiro atoms. The number of nitrogens with one attached hydrogen (secondary N) is 2. The minimum Gasteiger partial charge on any atom is -0.348 e. The van der Waals surface area contributed by atoms with Gasteiger partial charge in [-0.15, -0.1) is 12.4 Å². The molecule has 0 radical (unpaired) electrons. The van der Waals surface area contributed by atoms with Gasteiger partial charge in [0.1, 0.15) is 6.04 Å². The van der Waals surface area contributed by atoms with Gasteiger partial charge in [0.25, 0.3) is 11.8 Å². The highest BCUT2D eigenvalue weighted by molar-refractivity contribution is 6.30. The molecule has 5 nitrogen and oxygen atoms in total. The van der Waals surface area contributed by atoms with E-state index in [4.69, 9.17) is 17.3 Å². The summed E-state index contributed by atoms with van der Waals surface area (Å²) in [6.45, 7) is 1.67. The van der Waals surface area contributed by atoms with Crippen molar-refractivity contribution >= 4 is 35.8 Å². The van der Waals surface area contributed by atoms with Crippen molar-refractivity contribution in [2.45, 2.75) is 25.8 Å². The number of amides is 2. The standard InChI is InChI=1S/C15H20ClF2N3O2.ClH/c1-9(2)12(14(23)20-8-15(17,18)7-19)21-13(22)10-3-5-11(16)6-4-10;/h3-6,9,12H,7-8,19H2,1-2H3,(H,20,23)(H,21,22);1H. The van der Waals surface area contributed by atoms with Crippen LogP contribution in [0, 0.1) is 5.92 Å². The maximum atomic E-state index is 13.1. The molecule has 24 heavy (non-hydrogen) atoms. The molecule has 0 bridgehead atoms. The molecule has 9 heteroatoms. The Bertz CT molecular complexity index is 554. The zero-order valence-electron chi connectivity index (χ0n) is 13.3. The summed E-state index contributed by atoms with van der Waals surface area (Å²) in [4.78, 5) is 24.2. The van der Waals surface area contributed by atoms with E-state index in [9.17, 15) is 18.4 Å². The van der Waals surface area contributed by atoms with Gasteiger partial charge in [-0.2, -0.15) is 0 Å². The highest BCUT2D eigenvalue weighted by Crippen LogP contribution is 2.12. The molecule has 0 saturated heterocycles. The Balaban J connectivity index is 0.00000529. The van der Waals surface area contributed by atoms with Gasteiger partial charge < -0.3 is 16.4 Å². The van der Waals surface area contributed by atoms with Crippen LogP contribution in [0.15, 0.2) is 24.3 Å². The molecule has 0 aromatic heterocycles.